The van der Waals surface area contributed by atoms with Crippen LogP contribution in [-0.2, 0) is 22.4 Å². The highest BCUT2D eigenvalue weighted by Gasteiger charge is 2.37. The molecule has 8 heteroatoms. The van der Waals surface area contributed by atoms with Gasteiger partial charge in [0.05, 0.1) is 37.4 Å². The average Bonchev–Trinajstić information content (AvgIpc) is 2.90. The quantitative estimate of drug-likeness (QED) is 0.128. The predicted octanol–water partition coefficient (Wildman–Crippen LogP) is 6.19. The Balaban J connectivity index is 1.71. The third kappa shape index (κ3) is 7.43. The third-order valence-corrected chi connectivity index (χ3v) is 6.65. The summed E-state index contributed by atoms with van der Waals surface area (Å²) in [5, 5.41) is 10.6. The number of aromatic hydroxyl groups is 1. The molecule has 2 aromatic carbocycles. The van der Waals surface area contributed by atoms with E-state index in [-0.39, 0.29) is 30.3 Å². The van der Waals surface area contributed by atoms with Crippen LogP contribution in [0.3, 0.4) is 0 Å². The SMILES string of the molecule is CCCc1c(OCCCOc2ccc3c(c2CCC)OC(C)(/C=C/C(=O)OCC)CC3=O)ccc(C(C)=O)c1O. The Bertz CT molecular complexity index is 1260. The fourth-order valence-electron chi connectivity index (χ4n) is 4.73. The molecule has 1 atom stereocenters. The van der Waals surface area contributed by atoms with Crippen molar-refractivity contribution in [3.8, 4) is 23.0 Å². The molecule has 0 aliphatic carbocycles. The molecule has 0 spiro atoms. The van der Waals surface area contributed by atoms with Gasteiger partial charge < -0.3 is 24.1 Å². The zero-order chi connectivity index (χ0) is 29.3. The smallest absolute Gasteiger partial charge is 0.330 e. The lowest BCUT2D eigenvalue weighted by atomic mass is 9.89. The molecule has 40 heavy (non-hydrogen) atoms. The van der Waals surface area contributed by atoms with Crippen molar-refractivity contribution in [2.75, 3.05) is 19.8 Å². The number of fused-ring (bicyclic) bond motifs is 1. The van der Waals surface area contributed by atoms with Gasteiger partial charge in [-0.25, -0.2) is 4.79 Å². The predicted molar refractivity (Wildman–Crippen MR) is 152 cm³/mol. The van der Waals surface area contributed by atoms with E-state index in [1.165, 1.54) is 13.0 Å². The van der Waals surface area contributed by atoms with Crippen LogP contribution in [0.5, 0.6) is 23.0 Å². The number of hydrogen-bond acceptors (Lipinski definition) is 8. The molecule has 0 saturated heterocycles. The summed E-state index contributed by atoms with van der Waals surface area (Å²) in [7, 11) is 0. The van der Waals surface area contributed by atoms with Crippen molar-refractivity contribution in [1.82, 2.24) is 0 Å². The van der Waals surface area contributed by atoms with E-state index in [0.29, 0.717) is 66.4 Å². The maximum absolute atomic E-state index is 13.0. The molecule has 1 aliphatic rings. The molecule has 1 N–H and O–H groups in total. The maximum Gasteiger partial charge on any atom is 0.330 e. The summed E-state index contributed by atoms with van der Waals surface area (Å²) in [5.41, 5.74) is 1.28. The van der Waals surface area contributed by atoms with Gasteiger partial charge in [-0.15, -0.1) is 0 Å². The van der Waals surface area contributed by atoms with Gasteiger partial charge >= 0.3 is 5.97 Å². The molecular weight excluding hydrogens is 512 g/mol. The Morgan fingerprint density at radius 2 is 1.62 bits per heavy atom. The Labute approximate surface area is 236 Å². The van der Waals surface area contributed by atoms with Crippen molar-refractivity contribution in [2.45, 2.75) is 78.7 Å². The molecule has 0 aromatic heterocycles. The van der Waals surface area contributed by atoms with Crippen LogP contribution >= 0.6 is 0 Å². The Morgan fingerprint density at radius 1 is 1.00 bits per heavy atom. The summed E-state index contributed by atoms with van der Waals surface area (Å²) in [6.45, 7) is 9.97. The van der Waals surface area contributed by atoms with E-state index in [1.807, 2.05) is 13.8 Å². The molecule has 3 rings (SSSR count). The summed E-state index contributed by atoms with van der Waals surface area (Å²) >= 11 is 0. The first-order valence-electron chi connectivity index (χ1n) is 14.0. The van der Waals surface area contributed by atoms with Crippen LogP contribution in [0.25, 0.3) is 0 Å². The highest BCUT2D eigenvalue weighted by Crippen LogP contribution is 2.41. The number of phenols is 1. The van der Waals surface area contributed by atoms with Crippen LogP contribution in [0, 0.1) is 0 Å². The Hall–Kier alpha value is -3.81. The minimum absolute atomic E-state index is 0.0139. The zero-order valence-electron chi connectivity index (χ0n) is 24.1. The summed E-state index contributed by atoms with van der Waals surface area (Å²) in [5.74, 6) is 0.952. The number of esters is 1. The maximum atomic E-state index is 13.0. The van der Waals surface area contributed by atoms with Gasteiger partial charge in [0.25, 0.3) is 0 Å². The molecule has 0 amide bonds. The first-order chi connectivity index (χ1) is 19.1. The van der Waals surface area contributed by atoms with Crippen molar-refractivity contribution >= 4 is 17.5 Å². The van der Waals surface area contributed by atoms with E-state index in [2.05, 4.69) is 0 Å². The monoisotopic (exact) mass is 552 g/mol. The van der Waals surface area contributed by atoms with Gasteiger partial charge in [0, 0.05) is 23.6 Å². The lowest BCUT2D eigenvalue weighted by molar-refractivity contribution is -0.137. The second-order valence-corrected chi connectivity index (χ2v) is 10.1. The normalized spacial score (nSPS) is 16.4. The molecule has 1 unspecified atom stereocenters. The first-order valence-corrected chi connectivity index (χ1v) is 14.0. The standard InChI is InChI=1S/C32H40O8/c1-6-10-24-27(14-12-22(21(4)33)30(24)36)38-18-9-19-39-28-15-13-23-26(34)20-32(5,17-16-29(35)37-8-3)40-31(23)25(28)11-7-2/h12-17,36H,6-11,18-20H2,1-5H3/b17-16+. The van der Waals surface area contributed by atoms with Crippen molar-refractivity contribution in [3.63, 3.8) is 0 Å². The van der Waals surface area contributed by atoms with Crippen LogP contribution < -0.4 is 14.2 Å². The molecule has 0 saturated carbocycles. The number of phenolic OH excluding ortho intramolecular Hbond substituents is 1. The summed E-state index contributed by atoms with van der Waals surface area (Å²) in [6.07, 6.45) is 6.45. The number of Topliss-reactive ketones (excluding diaryl/α,β-unsaturated/α-hetero) is 2. The number of hydrogen-bond donors (Lipinski definition) is 1. The number of ketones is 2. The molecule has 2 aromatic rings. The Morgan fingerprint density at radius 3 is 2.25 bits per heavy atom. The van der Waals surface area contributed by atoms with Crippen LogP contribution in [0.1, 0.15) is 92.1 Å². The molecule has 8 nitrogen and oxygen atoms in total. The molecule has 0 fully saturated rings. The van der Waals surface area contributed by atoms with Crippen molar-refractivity contribution in [2.24, 2.45) is 0 Å². The largest absolute Gasteiger partial charge is 0.507 e. The third-order valence-electron chi connectivity index (χ3n) is 6.65. The minimum atomic E-state index is -0.981. The summed E-state index contributed by atoms with van der Waals surface area (Å²) in [4.78, 5) is 36.7. The van der Waals surface area contributed by atoms with Gasteiger partial charge in [-0.1, -0.05) is 26.7 Å². The first kappa shape index (κ1) is 30.7. The van der Waals surface area contributed by atoms with Gasteiger partial charge in [-0.3, -0.25) is 9.59 Å². The van der Waals surface area contributed by atoms with Gasteiger partial charge in [-0.05, 0) is 64.0 Å². The zero-order valence-corrected chi connectivity index (χ0v) is 24.1. The van der Waals surface area contributed by atoms with E-state index < -0.39 is 11.6 Å². The topological polar surface area (TPSA) is 108 Å². The van der Waals surface area contributed by atoms with Crippen LogP contribution in [-0.4, -0.2) is 48.1 Å². The Kier molecular flexibility index (Phi) is 10.8. The molecule has 216 valence electrons. The van der Waals surface area contributed by atoms with E-state index in [1.54, 1.807) is 44.2 Å². The van der Waals surface area contributed by atoms with E-state index in [9.17, 15) is 19.5 Å². The van der Waals surface area contributed by atoms with Crippen LogP contribution in [0.4, 0.5) is 0 Å². The fraction of sp³-hybridized carbons (Fsp3) is 0.469. The number of carbonyl (C=O) groups is 3. The van der Waals surface area contributed by atoms with Crippen molar-refractivity contribution in [1.29, 1.82) is 0 Å². The second kappa shape index (κ2) is 14.0. The summed E-state index contributed by atoms with van der Waals surface area (Å²) in [6, 6.07) is 6.85. The van der Waals surface area contributed by atoms with Gasteiger partial charge in [0.15, 0.2) is 11.6 Å². The van der Waals surface area contributed by atoms with Crippen molar-refractivity contribution < 1.29 is 38.4 Å². The molecule has 1 aliphatic heterocycles. The molecular formula is C32H40O8. The van der Waals surface area contributed by atoms with E-state index >= 15 is 0 Å². The van der Waals surface area contributed by atoms with E-state index in [0.717, 1.165) is 18.4 Å². The summed E-state index contributed by atoms with van der Waals surface area (Å²) < 4.78 is 23.4. The lowest BCUT2D eigenvalue weighted by Crippen LogP contribution is -2.38. The molecule has 1 heterocycles. The van der Waals surface area contributed by atoms with Crippen LogP contribution in [0.15, 0.2) is 36.4 Å². The van der Waals surface area contributed by atoms with Gasteiger partial charge in [0.2, 0.25) is 0 Å². The molecule has 0 radical (unpaired) electrons. The molecule has 0 bridgehead atoms. The number of ether oxygens (including phenoxy) is 4. The highest BCUT2D eigenvalue weighted by molar-refractivity contribution is 6.01. The lowest BCUT2D eigenvalue weighted by Gasteiger charge is -2.34. The number of rotatable bonds is 14. The van der Waals surface area contributed by atoms with Crippen LogP contribution in [0.2, 0.25) is 0 Å². The van der Waals surface area contributed by atoms with Crippen molar-refractivity contribution in [3.05, 3.63) is 58.7 Å². The average molecular weight is 553 g/mol. The second-order valence-electron chi connectivity index (χ2n) is 10.1. The highest BCUT2D eigenvalue weighted by atomic mass is 16.5. The number of carbonyl (C=O) groups excluding carboxylic acids is 3. The number of benzene rings is 2. The minimum Gasteiger partial charge on any atom is -0.507 e. The fourth-order valence-corrected chi connectivity index (χ4v) is 4.73. The van der Waals surface area contributed by atoms with Gasteiger partial charge in [0.1, 0.15) is 28.6 Å². The van der Waals surface area contributed by atoms with Gasteiger partial charge in [-0.2, -0.15) is 0 Å². The van der Waals surface area contributed by atoms with E-state index in [4.69, 9.17) is 18.9 Å².